The lowest BCUT2D eigenvalue weighted by atomic mass is 10.1. The van der Waals surface area contributed by atoms with E-state index < -0.39 is 0 Å². The molecule has 8 heteroatoms. The average Bonchev–Trinajstić information content (AvgIpc) is 2.70. The Morgan fingerprint density at radius 3 is 2.45 bits per heavy atom. The second kappa shape index (κ2) is 11.7. The number of benzene rings is 1. The van der Waals surface area contributed by atoms with Gasteiger partial charge in [-0.25, -0.2) is 0 Å². The maximum absolute atomic E-state index is 12.6. The Morgan fingerprint density at radius 1 is 1.14 bits per heavy atom. The van der Waals surface area contributed by atoms with Gasteiger partial charge in [0.1, 0.15) is 0 Å². The SMILES string of the molecule is CCNC(=NCCNC(=O)C(C)C)N1CCN(C(=O)Cc2cccc(Cl)c2)CC1. The van der Waals surface area contributed by atoms with E-state index >= 15 is 0 Å². The van der Waals surface area contributed by atoms with Crippen molar-refractivity contribution in [2.24, 2.45) is 10.9 Å². The number of carbonyl (C=O) groups excluding carboxylic acids is 2. The number of rotatable bonds is 7. The van der Waals surface area contributed by atoms with Gasteiger partial charge in [0.15, 0.2) is 5.96 Å². The van der Waals surface area contributed by atoms with Gasteiger partial charge in [0.25, 0.3) is 0 Å². The van der Waals surface area contributed by atoms with Crippen LogP contribution in [-0.2, 0) is 16.0 Å². The summed E-state index contributed by atoms with van der Waals surface area (Å²) < 4.78 is 0. The van der Waals surface area contributed by atoms with Crippen molar-refractivity contribution in [3.05, 3.63) is 34.9 Å². The smallest absolute Gasteiger partial charge is 0.227 e. The monoisotopic (exact) mass is 421 g/mol. The minimum atomic E-state index is -0.0234. The first kappa shape index (κ1) is 23.0. The molecule has 0 bridgehead atoms. The molecule has 160 valence electrons. The van der Waals surface area contributed by atoms with E-state index in [0.29, 0.717) is 37.6 Å². The summed E-state index contributed by atoms with van der Waals surface area (Å²) in [7, 11) is 0. The summed E-state index contributed by atoms with van der Waals surface area (Å²) in [6, 6.07) is 7.44. The molecule has 0 atom stereocenters. The third-order valence-electron chi connectivity index (χ3n) is 4.71. The van der Waals surface area contributed by atoms with Crippen molar-refractivity contribution in [3.8, 4) is 0 Å². The molecule has 1 aliphatic rings. The van der Waals surface area contributed by atoms with Crippen LogP contribution in [0, 0.1) is 5.92 Å². The Balaban J connectivity index is 1.83. The van der Waals surface area contributed by atoms with Gasteiger partial charge in [-0.3, -0.25) is 14.6 Å². The van der Waals surface area contributed by atoms with Crippen LogP contribution in [0.15, 0.2) is 29.3 Å². The highest BCUT2D eigenvalue weighted by Gasteiger charge is 2.23. The molecule has 0 aromatic heterocycles. The second-order valence-corrected chi connectivity index (χ2v) is 7.79. The van der Waals surface area contributed by atoms with Gasteiger partial charge in [-0.05, 0) is 24.6 Å². The molecule has 2 N–H and O–H groups in total. The molecule has 2 rings (SSSR count). The van der Waals surface area contributed by atoms with Gasteiger partial charge in [0, 0.05) is 50.2 Å². The Labute approximate surface area is 178 Å². The number of guanidine groups is 1. The second-order valence-electron chi connectivity index (χ2n) is 7.36. The number of amides is 2. The van der Waals surface area contributed by atoms with E-state index in [9.17, 15) is 9.59 Å². The van der Waals surface area contributed by atoms with Gasteiger partial charge < -0.3 is 20.4 Å². The highest BCUT2D eigenvalue weighted by molar-refractivity contribution is 6.30. The zero-order chi connectivity index (χ0) is 21.2. The van der Waals surface area contributed by atoms with Crippen LogP contribution < -0.4 is 10.6 Å². The molecule has 0 saturated carbocycles. The fourth-order valence-corrected chi connectivity index (χ4v) is 3.28. The maximum Gasteiger partial charge on any atom is 0.227 e. The van der Waals surface area contributed by atoms with Gasteiger partial charge in [-0.2, -0.15) is 0 Å². The number of nitrogens with zero attached hydrogens (tertiary/aromatic N) is 3. The van der Waals surface area contributed by atoms with Crippen LogP contribution >= 0.6 is 11.6 Å². The molecule has 1 heterocycles. The number of halogens is 1. The lowest BCUT2D eigenvalue weighted by molar-refractivity contribution is -0.131. The normalized spacial score (nSPS) is 14.9. The van der Waals surface area contributed by atoms with E-state index in [1.165, 1.54) is 0 Å². The fourth-order valence-electron chi connectivity index (χ4n) is 3.07. The molecular formula is C21H32ClN5O2. The van der Waals surface area contributed by atoms with Crippen molar-refractivity contribution in [3.63, 3.8) is 0 Å². The predicted molar refractivity (Wildman–Crippen MR) is 117 cm³/mol. The summed E-state index contributed by atoms with van der Waals surface area (Å²) in [5.74, 6) is 0.959. The van der Waals surface area contributed by atoms with E-state index in [1.54, 1.807) is 0 Å². The Hall–Kier alpha value is -2.28. The molecule has 7 nitrogen and oxygen atoms in total. The summed E-state index contributed by atoms with van der Waals surface area (Å²) in [5, 5.41) is 6.82. The van der Waals surface area contributed by atoms with Gasteiger partial charge in [-0.15, -0.1) is 0 Å². The zero-order valence-corrected chi connectivity index (χ0v) is 18.3. The number of aliphatic imine (C=N–C) groups is 1. The van der Waals surface area contributed by atoms with Crippen molar-refractivity contribution < 1.29 is 9.59 Å². The van der Waals surface area contributed by atoms with Crippen molar-refractivity contribution in [2.75, 3.05) is 45.8 Å². The topological polar surface area (TPSA) is 77.0 Å². The Morgan fingerprint density at radius 2 is 1.83 bits per heavy atom. The van der Waals surface area contributed by atoms with Crippen LogP contribution in [0.2, 0.25) is 5.02 Å². The largest absolute Gasteiger partial charge is 0.357 e. The molecule has 2 amide bonds. The first-order valence-corrected chi connectivity index (χ1v) is 10.6. The lowest BCUT2D eigenvalue weighted by Crippen LogP contribution is -2.54. The average molecular weight is 422 g/mol. The summed E-state index contributed by atoms with van der Waals surface area (Å²) in [6.07, 6.45) is 0.365. The van der Waals surface area contributed by atoms with Crippen LogP contribution in [0.4, 0.5) is 0 Å². The van der Waals surface area contributed by atoms with Crippen LogP contribution in [0.5, 0.6) is 0 Å². The van der Waals surface area contributed by atoms with Crippen molar-refractivity contribution in [1.29, 1.82) is 0 Å². The fraction of sp³-hybridized carbons (Fsp3) is 0.571. The number of hydrogen-bond acceptors (Lipinski definition) is 3. The summed E-state index contributed by atoms with van der Waals surface area (Å²) >= 11 is 6.01. The summed E-state index contributed by atoms with van der Waals surface area (Å²) in [5.41, 5.74) is 0.934. The van der Waals surface area contributed by atoms with E-state index in [-0.39, 0.29) is 17.7 Å². The minimum absolute atomic E-state index is 0.0234. The van der Waals surface area contributed by atoms with Crippen molar-refractivity contribution in [1.82, 2.24) is 20.4 Å². The molecule has 0 spiro atoms. The highest BCUT2D eigenvalue weighted by atomic mass is 35.5. The third kappa shape index (κ3) is 7.57. The standard InChI is InChI=1S/C21H32ClN5O2/c1-4-23-21(25-9-8-24-20(29)16(2)3)27-12-10-26(11-13-27)19(28)15-17-6-5-7-18(22)14-17/h5-7,14,16H,4,8-13,15H2,1-3H3,(H,23,25)(H,24,29). The maximum atomic E-state index is 12.6. The molecule has 29 heavy (non-hydrogen) atoms. The molecule has 0 radical (unpaired) electrons. The highest BCUT2D eigenvalue weighted by Crippen LogP contribution is 2.13. The summed E-state index contributed by atoms with van der Waals surface area (Å²) in [4.78, 5) is 32.9. The van der Waals surface area contributed by atoms with Crippen molar-refractivity contribution in [2.45, 2.75) is 27.2 Å². The molecule has 1 aliphatic heterocycles. The summed E-state index contributed by atoms with van der Waals surface area (Å²) in [6.45, 7) is 10.4. The Kier molecular flexibility index (Phi) is 9.25. The molecular weight excluding hydrogens is 390 g/mol. The van der Waals surface area contributed by atoms with E-state index in [0.717, 1.165) is 31.2 Å². The number of carbonyl (C=O) groups is 2. The van der Waals surface area contributed by atoms with Crippen LogP contribution in [0.25, 0.3) is 0 Å². The third-order valence-corrected chi connectivity index (χ3v) is 4.94. The quantitative estimate of drug-likeness (QED) is 0.399. The first-order chi connectivity index (χ1) is 13.9. The molecule has 1 saturated heterocycles. The van der Waals surface area contributed by atoms with Crippen LogP contribution in [0.3, 0.4) is 0 Å². The molecule has 0 unspecified atom stereocenters. The van der Waals surface area contributed by atoms with Gasteiger partial charge in [-0.1, -0.05) is 37.6 Å². The van der Waals surface area contributed by atoms with Crippen LogP contribution in [-0.4, -0.2) is 73.4 Å². The molecule has 0 aliphatic carbocycles. The number of hydrogen-bond donors (Lipinski definition) is 2. The molecule has 1 aromatic rings. The van der Waals surface area contributed by atoms with E-state index in [1.807, 2.05) is 49.9 Å². The Bertz CT molecular complexity index is 715. The number of nitrogens with one attached hydrogen (secondary N) is 2. The van der Waals surface area contributed by atoms with Crippen LogP contribution in [0.1, 0.15) is 26.3 Å². The van der Waals surface area contributed by atoms with E-state index in [2.05, 4.69) is 20.5 Å². The lowest BCUT2D eigenvalue weighted by Gasteiger charge is -2.36. The molecule has 1 aromatic carbocycles. The predicted octanol–water partition coefficient (Wildman–Crippen LogP) is 1.76. The van der Waals surface area contributed by atoms with E-state index in [4.69, 9.17) is 11.6 Å². The van der Waals surface area contributed by atoms with Crippen molar-refractivity contribution >= 4 is 29.4 Å². The van der Waals surface area contributed by atoms with Gasteiger partial charge in [0.2, 0.25) is 11.8 Å². The number of piperazine rings is 1. The minimum Gasteiger partial charge on any atom is -0.357 e. The first-order valence-electron chi connectivity index (χ1n) is 10.2. The molecule has 1 fully saturated rings. The zero-order valence-electron chi connectivity index (χ0n) is 17.6. The van der Waals surface area contributed by atoms with Gasteiger partial charge >= 0.3 is 0 Å². The van der Waals surface area contributed by atoms with Gasteiger partial charge in [0.05, 0.1) is 13.0 Å².